The van der Waals surface area contributed by atoms with Gasteiger partial charge in [-0.25, -0.2) is 5.84 Å². The lowest BCUT2D eigenvalue weighted by atomic mass is 10.2. The molecule has 12 heavy (non-hydrogen) atoms. The number of hydrogen-bond acceptors (Lipinski definition) is 3. The average Bonchev–Trinajstić information content (AvgIpc) is 2.10. The van der Waals surface area contributed by atoms with Gasteiger partial charge in [-0.3, -0.25) is 0 Å². The van der Waals surface area contributed by atoms with Crippen molar-refractivity contribution in [3.8, 4) is 0 Å². The molecule has 0 rings (SSSR count). The number of rotatable bonds is 6. The van der Waals surface area contributed by atoms with Crippen LogP contribution < -0.4 is 22.3 Å². The number of thiocarbonyl (C=S) groups is 1. The zero-order valence-electron chi connectivity index (χ0n) is 7.31. The maximum atomic E-state index is 5.35. The molecule has 0 radical (unpaired) electrons. The largest absolute Gasteiger partial charge is 0.362 e. The van der Waals surface area contributed by atoms with E-state index in [0.29, 0.717) is 5.11 Å². The van der Waals surface area contributed by atoms with Crippen molar-refractivity contribution in [1.29, 1.82) is 0 Å². The van der Waals surface area contributed by atoms with Gasteiger partial charge in [0, 0.05) is 6.54 Å². The molecule has 0 spiro atoms. The van der Waals surface area contributed by atoms with Gasteiger partial charge in [-0.15, -0.1) is 0 Å². The van der Waals surface area contributed by atoms with Crippen molar-refractivity contribution in [2.45, 2.75) is 25.7 Å². The van der Waals surface area contributed by atoms with Crippen LogP contribution in [0.5, 0.6) is 0 Å². The Kier molecular flexibility index (Phi) is 8.42. The van der Waals surface area contributed by atoms with Gasteiger partial charge in [0.15, 0.2) is 5.11 Å². The lowest BCUT2D eigenvalue weighted by Gasteiger charge is -2.05. The third kappa shape index (κ3) is 7.71. The van der Waals surface area contributed by atoms with Crippen LogP contribution in [-0.2, 0) is 0 Å². The molecule has 0 aromatic carbocycles. The molecule has 5 heteroatoms. The van der Waals surface area contributed by atoms with Crippen molar-refractivity contribution in [1.82, 2.24) is 10.7 Å². The van der Waals surface area contributed by atoms with Crippen LogP contribution in [0.15, 0.2) is 0 Å². The summed E-state index contributed by atoms with van der Waals surface area (Å²) in [5.41, 5.74) is 7.72. The first-order chi connectivity index (χ1) is 5.81. The number of hydrazine groups is 1. The third-order valence-corrected chi connectivity index (χ3v) is 1.81. The number of unbranched alkanes of at least 4 members (excludes halogenated alkanes) is 3. The summed E-state index contributed by atoms with van der Waals surface area (Å²) in [5, 5.41) is 3.48. The van der Waals surface area contributed by atoms with E-state index in [0.717, 1.165) is 25.9 Å². The van der Waals surface area contributed by atoms with Gasteiger partial charge in [0.2, 0.25) is 0 Å². The normalized spacial score (nSPS) is 9.50. The molecular weight excluding hydrogens is 172 g/mol. The van der Waals surface area contributed by atoms with Crippen LogP contribution in [0.25, 0.3) is 0 Å². The van der Waals surface area contributed by atoms with Crippen LogP contribution in [0.3, 0.4) is 0 Å². The fourth-order valence-corrected chi connectivity index (χ4v) is 0.978. The summed E-state index contributed by atoms with van der Waals surface area (Å²) in [7, 11) is 0. The van der Waals surface area contributed by atoms with Crippen molar-refractivity contribution in [3.05, 3.63) is 0 Å². The molecule has 0 fully saturated rings. The van der Waals surface area contributed by atoms with Crippen LogP contribution in [0.2, 0.25) is 0 Å². The van der Waals surface area contributed by atoms with E-state index < -0.39 is 0 Å². The Labute approximate surface area is 79.0 Å². The smallest absolute Gasteiger partial charge is 0.180 e. The van der Waals surface area contributed by atoms with Crippen molar-refractivity contribution >= 4 is 17.3 Å². The molecule has 0 amide bonds. The number of nitrogens with one attached hydrogen (secondary N) is 2. The maximum absolute atomic E-state index is 5.35. The molecule has 0 atom stereocenters. The zero-order valence-corrected chi connectivity index (χ0v) is 8.12. The Hall–Kier alpha value is -0.390. The molecule has 72 valence electrons. The van der Waals surface area contributed by atoms with Crippen molar-refractivity contribution in [2.75, 3.05) is 13.1 Å². The summed E-state index contributed by atoms with van der Waals surface area (Å²) in [6.45, 7) is 1.67. The van der Waals surface area contributed by atoms with Gasteiger partial charge in [-0.2, -0.15) is 0 Å². The van der Waals surface area contributed by atoms with E-state index in [1.54, 1.807) is 0 Å². The summed E-state index contributed by atoms with van der Waals surface area (Å²) in [6.07, 6.45) is 4.61. The van der Waals surface area contributed by atoms with Gasteiger partial charge in [-0.05, 0) is 31.6 Å². The van der Waals surface area contributed by atoms with Gasteiger partial charge in [0.05, 0.1) is 0 Å². The maximum Gasteiger partial charge on any atom is 0.180 e. The lowest BCUT2D eigenvalue weighted by Crippen LogP contribution is -2.39. The number of nitrogens with two attached hydrogens (primary N) is 2. The summed E-state index contributed by atoms with van der Waals surface area (Å²) >= 11 is 4.79. The number of hydrogen-bond donors (Lipinski definition) is 4. The minimum absolute atomic E-state index is 0.508. The van der Waals surface area contributed by atoms with Crippen molar-refractivity contribution in [2.24, 2.45) is 11.6 Å². The first-order valence-electron chi connectivity index (χ1n) is 4.25. The molecule has 6 N–H and O–H groups in total. The summed E-state index contributed by atoms with van der Waals surface area (Å²) in [5.74, 6) is 5.06. The highest BCUT2D eigenvalue weighted by Gasteiger charge is 1.90. The van der Waals surface area contributed by atoms with E-state index in [1.807, 2.05) is 0 Å². The lowest BCUT2D eigenvalue weighted by molar-refractivity contribution is 0.635. The monoisotopic (exact) mass is 190 g/mol. The van der Waals surface area contributed by atoms with Crippen LogP contribution in [-0.4, -0.2) is 18.2 Å². The van der Waals surface area contributed by atoms with Crippen molar-refractivity contribution < 1.29 is 0 Å². The highest BCUT2D eigenvalue weighted by Crippen LogP contribution is 1.96. The minimum atomic E-state index is 0.508. The van der Waals surface area contributed by atoms with Crippen LogP contribution in [0, 0.1) is 0 Å². The first kappa shape index (κ1) is 11.6. The fourth-order valence-electron chi connectivity index (χ4n) is 0.876. The molecule has 0 aromatic heterocycles. The molecule has 0 heterocycles. The van der Waals surface area contributed by atoms with Crippen LogP contribution in [0.1, 0.15) is 25.7 Å². The summed E-state index contributed by atoms with van der Waals surface area (Å²) in [6, 6.07) is 0. The van der Waals surface area contributed by atoms with Crippen molar-refractivity contribution in [3.63, 3.8) is 0 Å². The zero-order chi connectivity index (χ0) is 9.23. The molecule has 4 nitrogen and oxygen atoms in total. The third-order valence-electron chi connectivity index (χ3n) is 1.55. The van der Waals surface area contributed by atoms with Gasteiger partial charge < -0.3 is 16.5 Å². The highest BCUT2D eigenvalue weighted by molar-refractivity contribution is 7.80. The molecule has 0 aliphatic heterocycles. The van der Waals surface area contributed by atoms with E-state index in [9.17, 15) is 0 Å². The predicted molar refractivity (Wildman–Crippen MR) is 55.4 cm³/mol. The van der Waals surface area contributed by atoms with E-state index in [4.69, 9.17) is 23.8 Å². The van der Waals surface area contributed by atoms with Crippen LogP contribution >= 0.6 is 12.2 Å². The van der Waals surface area contributed by atoms with Gasteiger partial charge in [0.25, 0.3) is 0 Å². The topological polar surface area (TPSA) is 76.1 Å². The molecule has 0 saturated carbocycles. The second-order valence-corrected chi connectivity index (χ2v) is 3.01. The van der Waals surface area contributed by atoms with E-state index >= 15 is 0 Å². The Morgan fingerprint density at radius 2 is 1.83 bits per heavy atom. The molecule has 0 aromatic rings. The predicted octanol–water partition coefficient (Wildman–Crippen LogP) is -0.157. The van der Waals surface area contributed by atoms with E-state index in [1.165, 1.54) is 12.8 Å². The Morgan fingerprint density at radius 1 is 1.17 bits per heavy atom. The second-order valence-electron chi connectivity index (χ2n) is 2.60. The van der Waals surface area contributed by atoms with E-state index in [2.05, 4.69) is 10.7 Å². The standard InChI is InChI=1S/C7H18N4S/c8-5-3-1-2-4-6-10-7(12)11-9/h1-6,8-9H2,(H2,10,11,12). The average molecular weight is 190 g/mol. The van der Waals surface area contributed by atoms with Gasteiger partial charge >= 0.3 is 0 Å². The molecule has 0 aliphatic carbocycles. The summed E-state index contributed by atoms with van der Waals surface area (Å²) < 4.78 is 0. The van der Waals surface area contributed by atoms with Gasteiger partial charge in [0.1, 0.15) is 0 Å². The Balaban J connectivity index is 2.95. The molecule has 0 unspecified atom stereocenters. The quantitative estimate of drug-likeness (QED) is 0.203. The Bertz CT molecular complexity index is 118. The molecular formula is C7H18N4S. The highest BCUT2D eigenvalue weighted by atomic mass is 32.1. The van der Waals surface area contributed by atoms with E-state index in [-0.39, 0.29) is 0 Å². The Morgan fingerprint density at radius 3 is 2.42 bits per heavy atom. The fraction of sp³-hybridized carbons (Fsp3) is 0.857. The summed E-state index contributed by atoms with van der Waals surface area (Å²) in [4.78, 5) is 0. The minimum Gasteiger partial charge on any atom is -0.362 e. The first-order valence-corrected chi connectivity index (χ1v) is 4.66. The second kappa shape index (κ2) is 8.70. The van der Waals surface area contributed by atoms with Crippen LogP contribution in [0.4, 0.5) is 0 Å². The SMILES string of the molecule is NCCCCCCNC(=S)NN. The van der Waals surface area contributed by atoms with Gasteiger partial charge in [-0.1, -0.05) is 12.8 Å². The molecule has 0 bridgehead atoms. The molecule has 0 saturated heterocycles. The molecule has 0 aliphatic rings.